The van der Waals surface area contributed by atoms with Crippen molar-refractivity contribution >= 4 is 28.1 Å². The molecule has 2 aromatic heterocycles. The number of anilines is 1. The van der Waals surface area contributed by atoms with Crippen molar-refractivity contribution in [2.45, 2.75) is 6.18 Å². The van der Waals surface area contributed by atoms with Crippen LogP contribution in [0.25, 0.3) is 21.5 Å². The van der Waals surface area contributed by atoms with E-state index in [2.05, 4.69) is 20.3 Å². The lowest BCUT2D eigenvalue weighted by molar-refractivity contribution is -0.134. The molecule has 1 N–H and O–H groups in total. The average molecular weight is 340 g/mol. The highest BCUT2D eigenvalue weighted by atomic mass is 32.1. The number of halogens is 3. The highest BCUT2D eigenvalue weighted by molar-refractivity contribution is 7.15. The monoisotopic (exact) mass is 340 g/mol. The van der Waals surface area contributed by atoms with Crippen molar-refractivity contribution in [3.63, 3.8) is 0 Å². The second-order valence-electron chi connectivity index (χ2n) is 4.57. The molecule has 0 radical (unpaired) electrons. The van der Waals surface area contributed by atoms with Crippen molar-refractivity contribution < 1.29 is 17.9 Å². The van der Waals surface area contributed by atoms with Gasteiger partial charge in [-0.25, -0.2) is 15.0 Å². The van der Waals surface area contributed by atoms with Crippen LogP contribution in [0.1, 0.15) is 4.88 Å². The van der Waals surface area contributed by atoms with E-state index >= 15 is 0 Å². The standard InChI is InChI=1S/C14H11F3N4OS/c1-18-12-8-3-7(4-9(22-2)11(8)20-6-21-12)13-19-5-10(23-13)14(15,16)17/h3-6H,1-2H3,(H,18,20,21). The summed E-state index contributed by atoms with van der Waals surface area (Å²) in [6.07, 6.45) is -2.19. The lowest BCUT2D eigenvalue weighted by Crippen LogP contribution is -2.00. The maximum atomic E-state index is 12.7. The quantitative estimate of drug-likeness (QED) is 0.785. The largest absolute Gasteiger partial charge is 0.494 e. The van der Waals surface area contributed by atoms with Gasteiger partial charge in [0.25, 0.3) is 0 Å². The van der Waals surface area contributed by atoms with Crippen LogP contribution >= 0.6 is 11.3 Å². The lowest BCUT2D eigenvalue weighted by atomic mass is 10.1. The van der Waals surface area contributed by atoms with Crippen LogP contribution in [0.4, 0.5) is 19.0 Å². The first-order valence-electron chi connectivity index (χ1n) is 6.48. The van der Waals surface area contributed by atoms with Gasteiger partial charge < -0.3 is 10.1 Å². The second-order valence-corrected chi connectivity index (χ2v) is 5.61. The molecule has 0 saturated heterocycles. The number of aromatic nitrogens is 3. The molecule has 0 amide bonds. The number of hydrogen-bond donors (Lipinski definition) is 1. The highest BCUT2D eigenvalue weighted by Crippen LogP contribution is 2.39. The summed E-state index contributed by atoms with van der Waals surface area (Å²) in [7, 11) is 3.18. The molecular weight excluding hydrogens is 329 g/mol. The Labute approximate surface area is 133 Å². The van der Waals surface area contributed by atoms with Crippen LogP contribution in [0.5, 0.6) is 5.75 Å². The van der Waals surface area contributed by atoms with E-state index in [1.54, 1.807) is 19.2 Å². The van der Waals surface area contributed by atoms with E-state index in [0.717, 1.165) is 6.20 Å². The predicted molar refractivity (Wildman–Crippen MR) is 81.7 cm³/mol. The molecule has 0 aliphatic heterocycles. The van der Waals surface area contributed by atoms with Gasteiger partial charge in [-0.3, -0.25) is 0 Å². The Morgan fingerprint density at radius 1 is 1.17 bits per heavy atom. The van der Waals surface area contributed by atoms with E-state index in [1.807, 2.05) is 0 Å². The van der Waals surface area contributed by atoms with E-state index < -0.39 is 11.1 Å². The molecule has 0 atom stereocenters. The summed E-state index contributed by atoms with van der Waals surface area (Å²) in [5.74, 6) is 1.00. The number of methoxy groups -OCH3 is 1. The molecule has 5 nitrogen and oxygen atoms in total. The summed E-state index contributed by atoms with van der Waals surface area (Å²) in [5, 5.41) is 3.83. The SMILES string of the molecule is CNc1ncnc2c(OC)cc(-c3ncc(C(F)(F)F)s3)cc12. The van der Waals surface area contributed by atoms with Crippen LogP contribution in [0.2, 0.25) is 0 Å². The summed E-state index contributed by atoms with van der Waals surface area (Å²) >= 11 is 0.581. The fourth-order valence-electron chi connectivity index (χ4n) is 2.15. The van der Waals surface area contributed by atoms with Gasteiger partial charge in [-0.15, -0.1) is 11.3 Å². The van der Waals surface area contributed by atoms with Crippen LogP contribution in [-0.4, -0.2) is 29.1 Å². The lowest BCUT2D eigenvalue weighted by Gasteiger charge is -2.10. The van der Waals surface area contributed by atoms with Crippen LogP contribution in [-0.2, 0) is 6.18 Å². The molecule has 0 fully saturated rings. The molecule has 0 aliphatic rings. The molecule has 0 unspecified atom stereocenters. The molecule has 9 heteroatoms. The number of ether oxygens (including phenoxy) is 1. The topological polar surface area (TPSA) is 59.9 Å². The summed E-state index contributed by atoms with van der Waals surface area (Å²) < 4.78 is 43.5. The first kappa shape index (κ1) is 15.5. The Morgan fingerprint density at radius 3 is 2.57 bits per heavy atom. The van der Waals surface area contributed by atoms with Gasteiger partial charge >= 0.3 is 6.18 Å². The number of nitrogens with zero attached hydrogens (tertiary/aromatic N) is 3. The molecule has 3 aromatic rings. The number of rotatable bonds is 3. The van der Waals surface area contributed by atoms with E-state index in [9.17, 15) is 13.2 Å². The number of alkyl halides is 3. The third kappa shape index (κ3) is 2.79. The van der Waals surface area contributed by atoms with E-state index in [4.69, 9.17) is 4.74 Å². The van der Waals surface area contributed by atoms with E-state index in [0.29, 0.717) is 39.4 Å². The summed E-state index contributed by atoms with van der Waals surface area (Å²) in [6.45, 7) is 0. The minimum Gasteiger partial charge on any atom is -0.494 e. The normalized spacial score (nSPS) is 11.7. The smallest absolute Gasteiger partial charge is 0.427 e. The van der Waals surface area contributed by atoms with Crippen molar-refractivity contribution in [3.8, 4) is 16.3 Å². The zero-order chi connectivity index (χ0) is 16.6. The number of hydrogen-bond acceptors (Lipinski definition) is 6. The van der Waals surface area contributed by atoms with Crippen LogP contribution in [0, 0.1) is 0 Å². The summed E-state index contributed by atoms with van der Waals surface area (Å²) in [4.78, 5) is 11.4. The van der Waals surface area contributed by atoms with Crippen LogP contribution < -0.4 is 10.1 Å². The molecule has 0 spiro atoms. The van der Waals surface area contributed by atoms with Gasteiger partial charge in [-0.05, 0) is 12.1 Å². The fraction of sp³-hybridized carbons (Fsp3) is 0.214. The number of nitrogens with one attached hydrogen (secondary N) is 1. The Bertz CT molecular complexity index is 863. The van der Waals surface area contributed by atoms with Gasteiger partial charge in [-0.1, -0.05) is 0 Å². The Hall–Kier alpha value is -2.42. The first-order valence-corrected chi connectivity index (χ1v) is 7.29. The van der Waals surface area contributed by atoms with Gasteiger partial charge in [0.1, 0.15) is 33.3 Å². The zero-order valence-corrected chi connectivity index (χ0v) is 12.9. The Morgan fingerprint density at radius 2 is 1.96 bits per heavy atom. The molecule has 3 rings (SSSR count). The molecular formula is C14H11F3N4OS. The average Bonchev–Trinajstić information content (AvgIpc) is 3.03. The number of fused-ring (bicyclic) bond motifs is 1. The molecule has 0 aliphatic carbocycles. The molecule has 0 saturated carbocycles. The zero-order valence-electron chi connectivity index (χ0n) is 12.1. The number of benzene rings is 1. The molecule has 23 heavy (non-hydrogen) atoms. The van der Waals surface area contributed by atoms with E-state index in [1.165, 1.54) is 13.4 Å². The van der Waals surface area contributed by atoms with Gasteiger partial charge in [0.15, 0.2) is 0 Å². The van der Waals surface area contributed by atoms with Crippen LogP contribution in [0.15, 0.2) is 24.7 Å². The summed E-state index contributed by atoms with van der Waals surface area (Å²) in [5.41, 5.74) is 1.09. The van der Waals surface area contributed by atoms with E-state index in [-0.39, 0.29) is 5.01 Å². The van der Waals surface area contributed by atoms with Crippen molar-refractivity contribution in [3.05, 3.63) is 29.5 Å². The third-order valence-corrected chi connectivity index (χ3v) is 4.28. The van der Waals surface area contributed by atoms with Crippen molar-refractivity contribution in [2.75, 3.05) is 19.5 Å². The maximum absolute atomic E-state index is 12.7. The minimum atomic E-state index is -4.41. The predicted octanol–water partition coefficient (Wildman–Crippen LogP) is 3.82. The van der Waals surface area contributed by atoms with Crippen molar-refractivity contribution in [1.82, 2.24) is 15.0 Å². The minimum absolute atomic E-state index is 0.253. The molecule has 120 valence electrons. The highest BCUT2D eigenvalue weighted by Gasteiger charge is 2.33. The van der Waals surface area contributed by atoms with Gasteiger partial charge in [0.2, 0.25) is 0 Å². The third-order valence-electron chi connectivity index (χ3n) is 3.19. The van der Waals surface area contributed by atoms with Gasteiger partial charge in [0.05, 0.1) is 13.3 Å². The molecule has 0 bridgehead atoms. The maximum Gasteiger partial charge on any atom is 0.427 e. The van der Waals surface area contributed by atoms with Gasteiger partial charge in [-0.2, -0.15) is 13.2 Å². The molecule has 1 aromatic carbocycles. The fourth-order valence-corrected chi connectivity index (χ4v) is 2.92. The second kappa shape index (κ2) is 5.65. The Balaban J connectivity index is 2.20. The van der Waals surface area contributed by atoms with Crippen molar-refractivity contribution in [1.29, 1.82) is 0 Å². The number of thiazole rings is 1. The summed E-state index contributed by atoms with van der Waals surface area (Å²) in [6, 6.07) is 3.32. The Kier molecular flexibility index (Phi) is 3.80. The van der Waals surface area contributed by atoms with Crippen LogP contribution in [0.3, 0.4) is 0 Å². The first-order chi connectivity index (χ1) is 10.9. The molecule has 2 heterocycles. The van der Waals surface area contributed by atoms with Gasteiger partial charge in [0, 0.05) is 18.0 Å². The van der Waals surface area contributed by atoms with Crippen molar-refractivity contribution in [2.24, 2.45) is 0 Å².